The molecule has 1 rings (SSSR count). The molecule has 1 aromatic carbocycles. The third kappa shape index (κ3) is 5.70. The van der Waals surface area contributed by atoms with Gasteiger partial charge in [0, 0.05) is 6.04 Å². The highest BCUT2D eigenvalue weighted by Crippen LogP contribution is 2.30. The molecule has 24 heavy (non-hydrogen) atoms. The number of carbonyl (C=O) groups excluding carboxylic acids is 1. The van der Waals surface area contributed by atoms with Crippen molar-refractivity contribution in [3.8, 4) is 0 Å². The standard InChI is InChI=1S/C15H21F3N2O3S/c1-10(2)11(3)19-14(21)9-20(24(4,22)23)13-7-5-12(6-8-13)15(16,17)18/h5-8,10-11H,9H2,1-4H3,(H,19,21)/t11-/m1/s1. The fourth-order valence-electron chi connectivity index (χ4n) is 1.81. The van der Waals surface area contributed by atoms with Crippen LogP contribution in [0.3, 0.4) is 0 Å². The number of nitrogens with one attached hydrogen (secondary N) is 1. The second-order valence-electron chi connectivity index (χ2n) is 5.91. The Bertz CT molecular complexity index is 670. The molecule has 0 aromatic heterocycles. The smallest absolute Gasteiger partial charge is 0.352 e. The zero-order chi connectivity index (χ0) is 18.7. The molecule has 0 saturated carbocycles. The molecule has 0 radical (unpaired) electrons. The predicted octanol–water partition coefficient (Wildman–Crippen LogP) is 2.63. The minimum Gasteiger partial charge on any atom is -0.352 e. The number of rotatable bonds is 6. The number of anilines is 1. The third-order valence-electron chi connectivity index (χ3n) is 3.56. The quantitative estimate of drug-likeness (QED) is 0.842. The zero-order valence-corrected chi connectivity index (χ0v) is 14.7. The Morgan fingerprint density at radius 1 is 1.17 bits per heavy atom. The lowest BCUT2D eigenvalue weighted by molar-refractivity contribution is -0.137. The van der Waals surface area contributed by atoms with E-state index in [0.29, 0.717) is 0 Å². The van der Waals surface area contributed by atoms with E-state index in [2.05, 4.69) is 5.32 Å². The van der Waals surface area contributed by atoms with E-state index in [9.17, 15) is 26.4 Å². The first-order chi connectivity index (χ1) is 10.8. The molecule has 136 valence electrons. The number of sulfonamides is 1. The van der Waals surface area contributed by atoms with Crippen LogP contribution in [0.5, 0.6) is 0 Å². The molecule has 1 aromatic rings. The Balaban J connectivity index is 3.01. The summed E-state index contributed by atoms with van der Waals surface area (Å²) in [5, 5.41) is 2.66. The Hall–Kier alpha value is -1.77. The van der Waals surface area contributed by atoms with Crippen molar-refractivity contribution in [1.82, 2.24) is 5.32 Å². The van der Waals surface area contributed by atoms with Crippen LogP contribution in [0.2, 0.25) is 0 Å². The highest BCUT2D eigenvalue weighted by atomic mass is 32.2. The second-order valence-corrected chi connectivity index (χ2v) is 7.82. The number of amides is 1. The summed E-state index contributed by atoms with van der Waals surface area (Å²) in [7, 11) is -3.83. The maximum Gasteiger partial charge on any atom is 0.416 e. The lowest BCUT2D eigenvalue weighted by Gasteiger charge is -2.24. The average molecular weight is 366 g/mol. The summed E-state index contributed by atoms with van der Waals surface area (Å²) in [5.74, 6) is -0.367. The van der Waals surface area contributed by atoms with Crippen molar-refractivity contribution in [3.05, 3.63) is 29.8 Å². The van der Waals surface area contributed by atoms with Crippen LogP contribution >= 0.6 is 0 Å². The van der Waals surface area contributed by atoms with E-state index in [1.165, 1.54) is 0 Å². The average Bonchev–Trinajstić information content (AvgIpc) is 2.42. The molecule has 0 spiro atoms. The van der Waals surface area contributed by atoms with E-state index in [-0.39, 0.29) is 17.6 Å². The van der Waals surface area contributed by atoms with E-state index >= 15 is 0 Å². The van der Waals surface area contributed by atoms with Gasteiger partial charge < -0.3 is 5.32 Å². The first kappa shape index (κ1) is 20.3. The molecule has 0 fully saturated rings. The van der Waals surface area contributed by atoms with Crippen molar-refractivity contribution in [2.24, 2.45) is 5.92 Å². The second kappa shape index (κ2) is 7.42. The summed E-state index contributed by atoms with van der Waals surface area (Å²) < 4.78 is 62.3. The normalized spacial score (nSPS) is 13.7. The van der Waals surface area contributed by atoms with Crippen LogP contribution in [0.15, 0.2) is 24.3 Å². The molecule has 5 nitrogen and oxygen atoms in total. The van der Waals surface area contributed by atoms with E-state index in [0.717, 1.165) is 34.8 Å². The van der Waals surface area contributed by atoms with Gasteiger partial charge in [0.2, 0.25) is 15.9 Å². The summed E-state index contributed by atoms with van der Waals surface area (Å²) in [6.07, 6.45) is -3.62. The maximum atomic E-state index is 12.6. The van der Waals surface area contributed by atoms with Gasteiger partial charge in [-0.15, -0.1) is 0 Å². The molecule has 0 aliphatic rings. The van der Waals surface area contributed by atoms with E-state index < -0.39 is 34.2 Å². The molecule has 0 bridgehead atoms. The van der Waals surface area contributed by atoms with Crippen LogP contribution < -0.4 is 9.62 Å². The van der Waals surface area contributed by atoms with Crippen LogP contribution in [0.25, 0.3) is 0 Å². The van der Waals surface area contributed by atoms with Crippen molar-refractivity contribution < 1.29 is 26.4 Å². The van der Waals surface area contributed by atoms with Gasteiger partial charge in [-0.3, -0.25) is 9.10 Å². The predicted molar refractivity (Wildman–Crippen MR) is 86.1 cm³/mol. The molecular weight excluding hydrogens is 345 g/mol. The van der Waals surface area contributed by atoms with E-state index in [1.807, 2.05) is 13.8 Å². The van der Waals surface area contributed by atoms with Crippen molar-refractivity contribution >= 4 is 21.6 Å². The van der Waals surface area contributed by atoms with Gasteiger partial charge in [-0.1, -0.05) is 13.8 Å². The Kier molecular flexibility index (Phi) is 6.26. The molecule has 0 unspecified atom stereocenters. The first-order valence-corrected chi connectivity index (χ1v) is 9.11. The van der Waals surface area contributed by atoms with Gasteiger partial charge in [0.15, 0.2) is 0 Å². The fraction of sp³-hybridized carbons (Fsp3) is 0.533. The van der Waals surface area contributed by atoms with Crippen molar-refractivity contribution in [2.45, 2.75) is 33.0 Å². The largest absolute Gasteiger partial charge is 0.416 e. The van der Waals surface area contributed by atoms with Crippen LogP contribution in [0.1, 0.15) is 26.3 Å². The van der Waals surface area contributed by atoms with Crippen molar-refractivity contribution in [3.63, 3.8) is 0 Å². The minimum atomic E-state index is -4.52. The molecule has 1 N–H and O–H groups in total. The summed E-state index contributed by atoms with van der Waals surface area (Å²) >= 11 is 0. The number of nitrogens with zero attached hydrogens (tertiary/aromatic N) is 1. The van der Waals surface area contributed by atoms with Crippen molar-refractivity contribution in [1.29, 1.82) is 0 Å². The molecule has 0 saturated heterocycles. The Labute approximate surface area is 139 Å². The fourth-order valence-corrected chi connectivity index (χ4v) is 2.67. The van der Waals surface area contributed by atoms with Crippen LogP contribution in [-0.4, -0.2) is 33.2 Å². The molecule has 0 aliphatic heterocycles. The molecule has 1 amide bonds. The topological polar surface area (TPSA) is 66.5 Å². The van der Waals surface area contributed by atoms with Gasteiger partial charge in [-0.2, -0.15) is 13.2 Å². The highest BCUT2D eigenvalue weighted by molar-refractivity contribution is 7.92. The summed E-state index contributed by atoms with van der Waals surface area (Å²) in [4.78, 5) is 12.0. The molecular formula is C15H21F3N2O3S. The lowest BCUT2D eigenvalue weighted by atomic mass is 10.1. The molecule has 0 aliphatic carbocycles. The Morgan fingerprint density at radius 2 is 1.67 bits per heavy atom. The summed E-state index contributed by atoms with van der Waals surface area (Å²) in [6.45, 7) is 5.08. The Morgan fingerprint density at radius 3 is 2.04 bits per heavy atom. The number of hydrogen-bond acceptors (Lipinski definition) is 3. The molecule has 9 heteroatoms. The summed E-state index contributed by atoms with van der Waals surface area (Å²) in [6, 6.07) is 3.46. The van der Waals surface area contributed by atoms with E-state index in [4.69, 9.17) is 0 Å². The maximum absolute atomic E-state index is 12.6. The first-order valence-electron chi connectivity index (χ1n) is 7.26. The van der Waals surface area contributed by atoms with Crippen LogP contribution in [-0.2, 0) is 21.0 Å². The van der Waals surface area contributed by atoms with Gasteiger partial charge in [-0.05, 0) is 37.1 Å². The monoisotopic (exact) mass is 366 g/mol. The number of alkyl halides is 3. The lowest BCUT2D eigenvalue weighted by Crippen LogP contribution is -2.44. The van der Waals surface area contributed by atoms with Crippen LogP contribution in [0.4, 0.5) is 18.9 Å². The van der Waals surface area contributed by atoms with Gasteiger partial charge in [-0.25, -0.2) is 8.42 Å². The third-order valence-corrected chi connectivity index (χ3v) is 4.70. The number of carbonyl (C=O) groups is 1. The number of hydrogen-bond donors (Lipinski definition) is 1. The highest BCUT2D eigenvalue weighted by Gasteiger charge is 2.31. The number of benzene rings is 1. The SMILES string of the molecule is CC(C)[C@@H](C)NC(=O)CN(c1ccc(C(F)(F)F)cc1)S(C)(=O)=O. The van der Waals surface area contributed by atoms with Gasteiger partial charge >= 0.3 is 6.18 Å². The van der Waals surface area contributed by atoms with Gasteiger partial charge in [0.05, 0.1) is 17.5 Å². The van der Waals surface area contributed by atoms with E-state index in [1.54, 1.807) is 6.92 Å². The van der Waals surface area contributed by atoms with Gasteiger partial charge in [0.25, 0.3) is 0 Å². The zero-order valence-electron chi connectivity index (χ0n) is 13.9. The van der Waals surface area contributed by atoms with Gasteiger partial charge in [0.1, 0.15) is 6.54 Å². The number of halogens is 3. The molecule has 0 heterocycles. The molecule has 1 atom stereocenters. The minimum absolute atomic E-state index is 0.00199. The van der Waals surface area contributed by atoms with Crippen LogP contribution in [0, 0.1) is 5.92 Å². The van der Waals surface area contributed by atoms with Crippen molar-refractivity contribution in [2.75, 3.05) is 17.1 Å². The summed E-state index contributed by atoms with van der Waals surface area (Å²) in [5.41, 5.74) is -0.893.